The van der Waals surface area contributed by atoms with Crippen LogP contribution in [0, 0.1) is 0 Å². The molecule has 2 aliphatic rings. The number of rotatable bonds is 2. The van der Waals surface area contributed by atoms with E-state index in [1.165, 1.54) is 68.5 Å². The molecule has 0 N–H and O–H groups in total. The number of benzene rings is 7. The molecule has 0 amide bonds. The van der Waals surface area contributed by atoms with Gasteiger partial charge in [0.05, 0.1) is 0 Å². The molecule has 0 unspecified atom stereocenters. The highest BCUT2D eigenvalue weighted by Gasteiger charge is 2.52. The topological polar surface area (TPSA) is 0 Å². The molecule has 7 aromatic carbocycles. The van der Waals surface area contributed by atoms with Gasteiger partial charge in [-0.2, -0.15) is 0 Å². The summed E-state index contributed by atoms with van der Waals surface area (Å²) >= 11 is 1.98. The van der Waals surface area contributed by atoms with Crippen LogP contribution in [0.3, 0.4) is 0 Å². The standard InChI is InChI=1S/C38H25BSSi/c1-3-14-26(15-4-1)41(27-16-5-2-6-17-27)34-24-12-11-22-32(34)39-36-30-20-9-7-18-28(30)29-19-8-10-21-31(29)38(36)40-33-23-13-25-35(41)37(33)39/h1-25H. The van der Waals surface area contributed by atoms with Crippen LogP contribution in [0.2, 0.25) is 0 Å². The molecule has 2 heterocycles. The van der Waals surface area contributed by atoms with E-state index in [0.29, 0.717) is 0 Å². The van der Waals surface area contributed by atoms with Gasteiger partial charge in [0.1, 0.15) is 0 Å². The van der Waals surface area contributed by atoms with Crippen LogP contribution < -0.4 is 37.1 Å². The zero-order valence-electron chi connectivity index (χ0n) is 22.4. The second kappa shape index (κ2) is 8.84. The fraction of sp³-hybridized carbons (Fsp3) is 0. The summed E-state index contributed by atoms with van der Waals surface area (Å²) in [6.45, 7) is 0.191. The highest BCUT2D eigenvalue weighted by molar-refractivity contribution is 8.00. The van der Waals surface area contributed by atoms with E-state index in [-0.39, 0.29) is 6.71 Å². The van der Waals surface area contributed by atoms with Crippen molar-refractivity contribution in [1.82, 2.24) is 0 Å². The lowest BCUT2D eigenvalue weighted by Crippen LogP contribution is -2.87. The molecular weight excluding hydrogens is 527 g/mol. The van der Waals surface area contributed by atoms with Gasteiger partial charge >= 0.3 is 0 Å². The third-order valence-corrected chi connectivity index (χ3v) is 15.4. The van der Waals surface area contributed by atoms with Crippen molar-refractivity contribution in [2.24, 2.45) is 0 Å². The summed E-state index contributed by atoms with van der Waals surface area (Å²) in [7, 11) is -2.59. The molecule has 0 saturated carbocycles. The summed E-state index contributed by atoms with van der Waals surface area (Å²) in [5.74, 6) is 0. The van der Waals surface area contributed by atoms with Crippen LogP contribution in [0.15, 0.2) is 161 Å². The third-order valence-electron chi connectivity index (χ3n) is 9.27. The third kappa shape index (κ3) is 3.08. The lowest BCUT2D eigenvalue weighted by atomic mass is 9.35. The Kier molecular flexibility index (Phi) is 5.05. The van der Waals surface area contributed by atoms with E-state index in [4.69, 9.17) is 0 Å². The average molecular weight is 553 g/mol. The van der Waals surface area contributed by atoms with E-state index in [2.05, 4.69) is 152 Å². The molecule has 3 heteroatoms. The Morgan fingerprint density at radius 1 is 0.415 bits per heavy atom. The molecule has 0 aliphatic carbocycles. The van der Waals surface area contributed by atoms with Crippen molar-refractivity contribution in [2.45, 2.75) is 9.79 Å². The monoisotopic (exact) mass is 552 g/mol. The minimum absolute atomic E-state index is 0.191. The van der Waals surface area contributed by atoms with Crippen molar-refractivity contribution in [1.29, 1.82) is 0 Å². The lowest BCUT2D eigenvalue weighted by molar-refractivity contribution is 1.48. The van der Waals surface area contributed by atoms with Gasteiger partial charge in [-0.15, -0.1) is 0 Å². The number of hydrogen-bond donors (Lipinski definition) is 0. The van der Waals surface area contributed by atoms with Gasteiger partial charge in [-0.05, 0) is 53.8 Å². The molecule has 190 valence electrons. The van der Waals surface area contributed by atoms with E-state index in [1.54, 1.807) is 0 Å². The molecule has 0 bridgehead atoms. The Balaban J connectivity index is 1.48. The molecule has 0 fully saturated rings. The van der Waals surface area contributed by atoms with Crippen LogP contribution in [-0.2, 0) is 0 Å². The predicted octanol–water partition coefficient (Wildman–Crippen LogP) is 4.66. The summed E-state index contributed by atoms with van der Waals surface area (Å²) in [4.78, 5) is 2.82. The summed E-state index contributed by atoms with van der Waals surface area (Å²) < 4.78 is 0. The van der Waals surface area contributed by atoms with Gasteiger partial charge in [0.2, 0.25) is 6.71 Å². The summed E-state index contributed by atoms with van der Waals surface area (Å²) in [6, 6.07) is 57.3. The fourth-order valence-corrected chi connectivity index (χ4v) is 14.5. The second-order valence-electron chi connectivity index (χ2n) is 11.2. The first-order valence-electron chi connectivity index (χ1n) is 14.3. The van der Waals surface area contributed by atoms with Gasteiger partial charge in [0, 0.05) is 9.79 Å². The SMILES string of the molecule is c1ccc([Si]2(c3ccccc3)c3ccccc3B3c4c(cccc42)Sc2c3c3ccccc3c3ccccc23)cc1. The molecule has 2 aliphatic heterocycles. The van der Waals surface area contributed by atoms with Crippen molar-refractivity contribution >= 4 is 85.2 Å². The van der Waals surface area contributed by atoms with Crippen molar-refractivity contribution in [2.75, 3.05) is 0 Å². The van der Waals surface area contributed by atoms with E-state index in [1.807, 2.05) is 11.8 Å². The molecular formula is C38H25BSSi. The molecule has 0 saturated heterocycles. The van der Waals surface area contributed by atoms with E-state index >= 15 is 0 Å². The molecule has 41 heavy (non-hydrogen) atoms. The molecule has 0 nitrogen and oxygen atoms in total. The van der Waals surface area contributed by atoms with Crippen molar-refractivity contribution < 1.29 is 0 Å². The molecule has 0 spiro atoms. The van der Waals surface area contributed by atoms with Crippen LogP contribution in [0.4, 0.5) is 0 Å². The highest BCUT2D eigenvalue weighted by Crippen LogP contribution is 2.39. The first-order valence-corrected chi connectivity index (χ1v) is 17.1. The van der Waals surface area contributed by atoms with Crippen LogP contribution in [0.1, 0.15) is 0 Å². The summed E-state index contributed by atoms with van der Waals surface area (Å²) in [5.41, 5.74) is 4.46. The Labute approximate surface area is 245 Å². The van der Waals surface area contributed by atoms with Gasteiger partial charge in [-0.25, -0.2) is 0 Å². The van der Waals surface area contributed by atoms with Crippen molar-refractivity contribution in [3.63, 3.8) is 0 Å². The highest BCUT2D eigenvalue weighted by atomic mass is 32.2. The van der Waals surface area contributed by atoms with Crippen molar-refractivity contribution in [3.8, 4) is 0 Å². The first kappa shape index (κ1) is 23.4. The van der Waals surface area contributed by atoms with Gasteiger partial charge in [0.15, 0.2) is 8.07 Å². The van der Waals surface area contributed by atoms with Gasteiger partial charge in [-0.3, -0.25) is 0 Å². The smallest absolute Gasteiger partial charge is 0.0905 e. The average Bonchev–Trinajstić information content (AvgIpc) is 3.06. The lowest BCUT2D eigenvalue weighted by Gasteiger charge is -2.45. The molecule has 0 aromatic heterocycles. The second-order valence-corrected chi connectivity index (χ2v) is 15.9. The summed E-state index contributed by atoms with van der Waals surface area (Å²) in [5, 5.41) is 11.4. The zero-order valence-corrected chi connectivity index (χ0v) is 24.2. The largest absolute Gasteiger partial charge is 0.244 e. The van der Waals surface area contributed by atoms with Crippen LogP contribution in [0.5, 0.6) is 0 Å². The maximum atomic E-state index is 2.46. The van der Waals surface area contributed by atoms with Gasteiger partial charge in [-0.1, -0.05) is 168 Å². The van der Waals surface area contributed by atoms with Crippen LogP contribution in [0.25, 0.3) is 21.5 Å². The Morgan fingerprint density at radius 3 is 1.66 bits per heavy atom. The summed E-state index contributed by atoms with van der Waals surface area (Å²) in [6.07, 6.45) is 0. The molecule has 0 atom stereocenters. The molecule has 0 radical (unpaired) electrons. The fourth-order valence-electron chi connectivity index (χ4n) is 7.76. The zero-order chi connectivity index (χ0) is 27.0. The molecule has 9 rings (SSSR count). The van der Waals surface area contributed by atoms with Crippen LogP contribution >= 0.6 is 11.8 Å². The van der Waals surface area contributed by atoms with Gasteiger partial charge < -0.3 is 0 Å². The van der Waals surface area contributed by atoms with Crippen molar-refractivity contribution in [3.05, 3.63) is 152 Å². The molecule has 7 aromatic rings. The van der Waals surface area contributed by atoms with E-state index in [0.717, 1.165) is 0 Å². The van der Waals surface area contributed by atoms with E-state index < -0.39 is 8.07 Å². The predicted molar refractivity (Wildman–Crippen MR) is 180 cm³/mol. The van der Waals surface area contributed by atoms with Crippen LogP contribution in [-0.4, -0.2) is 14.8 Å². The maximum Gasteiger partial charge on any atom is 0.244 e. The van der Waals surface area contributed by atoms with E-state index in [9.17, 15) is 0 Å². The van der Waals surface area contributed by atoms with Gasteiger partial charge in [0.25, 0.3) is 0 Å². The Hall–Kier alpha value is -4.31. The number of hydrogen-bond acceptors (Lipinski definition) is 1. The Bertz CT molecular complexity index is 2100. The first-order chi connectivity index (χ1) is 20.4. The minimum atomic E-state index is -2.59. The minimum Gasteiger partial charge on any atom is -0.0905 e. The maximum absolute atomic E-state index is 2.59. The number of fused-ring (bicyclic) bond motifs is 9. The normalized spacial score (nSPS) is 14.4. The quantitative estimate of drug-likeness (QED) is 0.222. The Morgan fingerprint density at radius 2 is 0.951 bits per heavy atom.